The third-order valence-corrected chi connectivity index (χ3v) is 5.24. The molecule has 0 aliphatic rings. The smallest absolute Gasteiger partial charge is 0.255 e. The summed E-state index contributed by atoms with van der Waals surface area (Å²) in [5.74, 6) is -0.569. The van der Waals surface area contributed by atoms with Gasteiger partial charge >= 0.3 is 0 Å². The number of halogens is 2. The van der Waals surface area contributed by atoms with Crippen LogP contribution in [-0.2, 0) is 0 Å². The van der Waals surface area contributed by atoms with E-state index in [4.69, 9.17) is 11.6 Å². The summed E-state index contributed by atoms with van der Waals surface area (Å²) in [5.41, 5.74) is 0.627. The number of hydrogen-bond donors (Lipinski definition) is 1. The predicted molar refractivity (Wildman–Crippen MR) is 115 cm³/mol. The third-order valence-electron chi connectivity index (χ3n) is 5.04. The molecule has 1 rings (SSSR count). The van der Waals surface area contributed by atoms with Crippen molar-refractivity contribution >= 4 is 22.5 Å². The Labute approximate surface area is 170 Å². The second-order valence-electron chi connectivity index (χ2n) is 7.49. The van der Waals surface area contributed by atoms with Gasteiger partial charge in [0.1, 0.15) is 5.82 Å². The lowest BCUT2D eigenvalue weighted by Gasteiger charge is -2.07. The molecule has 0 radical (unpaired) electrons. The van der Waals surface area contributed by atoms with E-state index in [1.807, 2.05) is 0 Å². The summed E-state index contributed by atoms with van der Waals surface area (Å²) in [6, 6.07) is 4.46. The first-order valence-electron chi connectivity index (χ1n) is 10.9. The van der Waals surface area contributed by atoms with Crippen LogP contribution in [0, 0.1) is 5.82 Å². The van der Waals surface area contributed by atoms with E-state index in [1.54, 1.807) is 6.07 Å². The first-order valence-corrected chi connectivity index (χ1v) is 11.3. The molecule has 0 aliphatic heterocycles. The van der Waals surface area contributed by atoms with Gasteiger partial charge in [-0.1, -0.05) is 90.4 Å². The van der Waals surface area contributed by atoms with Gasteiger partial charge in [-0.3, -0.25) is 4.79 Å². The number of carbonyl (C=O) groups is 1. The maximum Gasteiger partial charge on any atom is 0.255 e. The lowest BCUT2D eigenvalue weighted by Crippen LogP contribution is -2.03. The Kier molecular flexibility index (Phi) is 14.1. The highest BCUT2D eigenvalue weighted by Gasteiger charge is 2.09. The Bertz CT molecular complexity index is 521. The van der Waals surface area contributed by atoms with Gasteiger partial charge in [-0.2, -0.15) is 0 Å². The largest absolute Gasteiger partial charge is 0.385 e. The van der Waals surface area contributed by atoms with Crippen molar-refractivity contribution in [3.8, 4) is 0 Å². The zero-order valence-corrected chi connectivity index (χ0v) is 17.8. The van der Waals surface area contributed by atoms with E-state index in [2.05, 4.69) is 12.2 Å². The Morgan fingerprint density at radius 2 is 1.33 bits per heavy atom. The second-order valence-corrected chi connectivity index (χ2v) is 7.83. The molecule has 154 valence electrons. The van der Waals surface area contributed by atoms with Crippen molar-refractivity contribution in [2.45, 2.75) is 96.8 Å². The zero-order valence-electron chi connectivity index (χ0n) is 17.0. The van der Waals surface area contributed by atoms with Crippen molar-refractivity contribution in [2.24, 2.45) is 0 Å². The van der Waals surface area contributed by atoms with Gasteiger partial charge in [0.25, 0.3) is 5.24 Å². The highest BCUT2D eigenvalue weighted by atomic mass is 35.5. The Balaban J connectivity index is 1.89. The molecule has 0 amide bonds. The predicted octanol–water partition coefficient (Wildman–Crippen LogP) is 8.10. The average Bonchev–Trinajstić information content (AvgIpc) is 2.64. The summed E-state index contributed by atoms with van der Waals surface area (Å²) in [6.07, 6.45) is 18.8. The maximum absolute atomic E-state index is 13.7. The summed E-state index contributed by atoms with van der Waals surface area (Å²) in [6.45, 7) is 3.09. The van der Waals surface area contributed by atoms with Crippen LogP contribution in [0.5, 0.6) is 0 Å². The van der Waals surface area contributed by atoms with Crippen molar-refractivity contribution < 1.29 is 9.18 Å². The molecule has 0 saturated carbocycles. The number of carbonyl (C=O) groups excluding carboxylic acids is 1. The number of unbranched alkanes of at least 4 members (excludes halogenated alkanes) is 13. The average molecular weight is 398 g/mol. The Hall–Kier alpha value is -1.09. The van der Waals surface area contributed by atoms with Gasteiger partial charge < -0.3 is 5.32 Å². The van der Waals surface area contributed by atoms with E-state index >= 15 is 0 Å². The summed E-state index contributed by atoms with van der Waals surface area (Å²) in [7, 11) is 0. The van der Waals surface area contributed by atoms with Gasteiger partial charge in [0.2, 0.25) is 0 Å². The Morgan fingerprint density at radius 1 is 0.852 bits per heavy atom. The maximum atomic E-state index is 13.7. The molecule has 0 aromatic heterocycles. The highest BCUT2D eigenvalue weighted by molar-refractivity contribution is 6.67. The van der Waals surface area contributed by atoms with Crippen LogP contribution >= 0.6 is 11.6 Å². The summed E-state index contributed by atoms with van der Waals surface area (Å²) in [5, 5.41) is 2.44. The molecular weight excluding hydrogens is 361 g/mol. The van der Waals surface area contributed by atoms with Crippen LogP contribution in [0.3, 0.4) is 0 Å². The van der Waals surface area contributed by atoms with Crippen molar-refractivity contribution in [3.63, 3.8) is 0 Å². The first kappa shape index (κ1) is 23.9. The van der Waals surface area contributed by atoms with E-state index < -0.39 is 11.1 Å². The fraction of sp³-hybridized carbons (Fsp3) is 0.696. The molecule has 4 heteroatoms. The SMILES string of the molecule is CCCCCCCCCCCCCCCCNc1ccc(C(=O)Cl)c(F)c1. The van der Waals surface area contributed by atoms with Crippen molar-refractivity contribution in [1.82, 2.24) is 0 Å². The minimum atomic E-state index is -0.758. The van der Waals surface area contributed by atoms with Crippen molar-refractivity contribution in [1.29, 1.82) is 0 Å². The fourth-order valence-corrected chi connectivity index (χ4v) is 3.49. The molecule has 1 aromatic carbocycles. The fourth-order valence-electron chi connectivity index (χ4n) is 3.34. The quantitative estimate of drug-likeness (QED) is 0.212. The Morgan fingerprint density at radius 3 is 1.78 bits per heavy atom. The van der Waals surface area contributed by atoms with E-state index in [0.29, 0.717) is 5.69 Å². The molecule has 1 aromatic rings. The number of hydrogen-bond acceptors (Lipinski definition) is 2. The normalized spacial score (nSPS) is 10.9. The van der Waals surface area contributed by atoms with Gasteiger partial charge in [-0.25, -0.2) is 4.39 Å². The molecule has 0 unspecified atom stereocenters. The van der Waals surface area contributed by atoms with Gasteiger partial charge in [-0.05, 0) is 36.2 Å². The molecule has 0 bridgehead atoms. The van der Waals surface area contributed by atoms with Crippen molar-refractivity contribution in [2.75, 3.05) is 11.9 Å². The number of benzene rings is 1. The molecule has 0 atom stereocenters. The lowest BCUT2D eigenvalue weighted by atomic mass is 10.0. The van der Waals surface area contributed by atoms with Crippen LogP contribution in [-0.4, -0.2) is 11.8 Å². The van der Waals surface area contributed by atoms with Crippen LogP contribution in [0.15, 0.2) is 18.2 Å². The molecule has 0 spiro atoms. The molecule has 0 heterocycles. The topological polar surface area (TPSA) is 29.1 Å². The molecular formula is C23H37ClFNO. The van der Waals surface area contributed by atoms with Crippen LogP contribution in [0.2, 0.25) is 0 Å². The first-order chi connectivity index (χ1) is 13.1. The van der Waals surface area contributed by atoms with Crippen LogP contribution < -0.4 is 5.32 Å². The standard InChI is InChI=1S/C23H37ClFNO/c1-2-3-4-5-6-7-8-9-10-11-12-13-14-15-18-26-20-16-17-21(23(24)27)22(25)19-20/h16-17,19,26H,2-15,18H2,1H3. The number of rotatable bonds is 17. The number of anilines is 1. The van der Waals surface area contributed by atoms with Crippen LogP contribution in [0.25, 0.3) is 0 Å². The summed E-state index contributed by atoms with van der Waals surface area (Å²) < 4.78 is 13.7. The van der Waals surface area contributed by atoms with E-state index in [-0.39, 0.29) is 5.56 Å². The lowest BCUT2D eigenvalue weighted by molar-refractivity contribution is 0.107. The van der Waals surface area contributed by atoms with Crippen LogP contribution in [0.4, 0.5) is 10.1 Å². The van der Waals surface area contributed by atoms with E-state index in [1.165, 1.54) is 95.6 Å². The zero-order chi connectivity index (χ0) is 19.7. The molecule has 27 heavy (non-hydrogen) atoms. The van der Waals surface area contributed by atoms with Gasteiger partial charge in [0.05, 0.1) is 5.56 Å². The molecule has 0 fully saturated rings. The van der Waals surface area contributed by atoms with E-state index in [9.17, 15) is 9.18 Å². The molecule has 2 nitrogen and oxygen atoms in total. The second kappa shape index (κ2) is 15.9. The van der Waals surface area contributed by atoms with Gasteiger partial charge in [0.15, 0.2) is 0 Å². The highest BCUT2D eigenvalue weighted by Crippen LogP contribution is 2.17. The monoisotopic (exact) mass is 397 g/mol. The molecule has 0 aliphatic carbocycles. The van der Waals surface area contributed by atoms with Gasteiger partial charge in [0, 0.05) is 12.2 Å². The number of nitrogens with one attached hydrogen (secondary N) is 1. The summed E-state index contributed by atoms with van der Waals surface area (Å²) >= 11 is 5.31. The molecule has 1 N–H and O–H groups in total. The van der Waals surface area contributed by atoms with Crippen molar-refractivity contribution in [3.05, 3.63) is 29.6 Å². The minimum Gasteiger partial charge on any atom is -0.385 e. The summed E-state index contributed by atoms with van der Waals surface area (Å²) in [4.78, 5) is 11.0. The molecule has 0 saturated heterocycles. The third kappa shape index (κ3) is 12.1. The minimum absolute atomic E-state index is 0.0706. The van der Waals surface area contributed by atoms with E-state index in [0.717, 1.165) is 13.0 Å². The van der Waals surface area contributed by atoms with Crippen LogP contribution in [0.1, 0.15) is 107 Å². The van der Waals surface area contributed by atoms with Gasteiger partial charge in [-0.15, -0.1) is 0 Å².